The molecule has 0 aliphatic heterocycles. The molecule has 1 unspecified atom stereocenters. The molecule has 0 amide bonds. The molecule has 0 aliphatic rings. The fourth-order valence-electron chi connectivity index (χ4n) is 1.05. The number of aliphatic hydroxyl groups excluding tert-OH is 1. The van der Waals surface area contributed by atoms with Gasteiger partial charge in [-0.15, -0.1) is 0 Å². The molecule has 0 aromatic heterocycles. The number of hydrogen-bond acceptors (Lipinski definition) is 1. The molecule has 0 aromatic rings. The van der Waals surface area contributed by atoms with E-state index in [1.807, 2.05) is 6.08 Å². The van der Waals surface area contributed by atoms with Gasteiger partial charge in [0, 0.05) is 0 Å². The van der Waals surface area contributed by atoms with Crippen LogP contribution in [0.3, 0.4) is 0 Å². The topological polar surface area (TPSA) is 20.2 Å². The van der Waals surface area contributed by atoms with Gasteiger partial charge in [0.25, 0.3) is 0 Å². The molecule has 0 radical (unpaired) electrons. The maximum absolute atomic E-state index is 8.72. The maximum Gasteiger partial charge on any atom is 0.0615 e. The molecule has 0 saturated heterocycles. The molecule has 0 spiro atoms. The summed E-state index contributed by atoms with van der Waals surface area (Å²) in [7, 11) is 0. The first-order valence-corrected chi connectivity index (χ1v) is 5.05. The van der Waals surface area contributed by atoms with Gasteiger partial charge < -0.3 is 5.11 Å². The van der Waals surface area contributed by atoms with Crippen LogP contribution in [0.4, 0.5) is 0 Å². The van der Waals surface area contributed by atoms with Gasteiger partial charge in [-0.2, -0.15) is 0 Å². The van der Waals surface area contributed by atoms with Gasteiger partial charge in [-0.25, -0.2) is 0 Å². The summed E-state index contributed by atoms with van der Waals surface area (Å²) in [5.41, 5.74) is 2.73. The molecule has 0 saturated carbocycles. The normalized spacial score (nSPS) is 16.1. The Kier molecular flexibility index (Phi) is 6.61. The van der Waals surface area contributed by atoms with Gasteiger partial charge in [-0.05, 0) is 32.6 Å². The standard InChI is InChI=1S/C12H22O/c1-5-10(2)6-7-11(3)12(4)8-9-13/h6,8,11,13H,5,7,9H2,1-4H3/b10-6?,12-8+. The fourth-order valence-corrected chi connectivity index (χ4v) is 1.05. The summed E-state index contributed by atoms with van der Waals surface area (Å²) in [6.45, 7) is 8.77. The van der Waals surface area contributed by atoms with Crippen molar-refractivity contribution in [1.82, 2.24) is 0 Å². The second-order valence-corrected chi connectivity index (χ2v) is 3.67. The lowest BCUT2D eigenvalue weighted by Gasteiger charge is -2.09. The van der Waals surface area contributed by atoms with Gasteiger partial charge in [-0.3, -0.25) is 0 Å². The van der Waals surface area contributed by atoms with Crippen LogP contribution in [-0.2, 0) is 0 Å². The van der Waals surface area contributed by atoms with E-state index in [4.69, 9.17) is 5.11 Å². The Bertz CT molecular complexity index is 189. The highest BCUT2D eigenvalue weighted by Gasteiger charge is 2.01. The van der Waals surface area contributed by atoms with E-state index in [1.165, 1.54) is 11.1 Å². The third-order valence-corrected chi connectivity index (χ3v) is 2.57. The quantitative estimate of drug-likeness (QED) is 0.647. The van der Waals surface area contributed by atoms with E-state index in [-0.39, 0.29) is 6.61 Å². The Hall–Kier alpha value is -0.560. The van der Waals surface area contributed by atoms with E-state index in [2.05, 4.69) is 33.8 Å². The molecule has 0 aliphatic carbocycles. The molecule has 0 rings (SSSR count). The number of allylic oxidation sites excluding steroid dienone is 3. The third-order valence-electron chi connectivity index (χ3n) is 2.57. The monoisotopic (exact) mass is 182 g/mol. The predicted octanol–water partition coefficient (Wildman–Crippen LogP) is 3.31. The number of rotatable bonds is 5. The van der Waals surface area contributed by atoms with Gasteiger partial charge in [0.1, 0.15) is 0 Å². The smallest absolute Gasteiger partial charge is 0.0615 e. The van der Waals surface area contributed by atoms with Crippen molar-refractivity contribution in [2.24, 2.45) is 5.92 Å². The van der Waals surface area contributed by atoms with Crippen LogP contribution < -0.4 is 0 Å². The second kappa shape index (κ2) is 6.90. The van der Waals surface area contributed by atoms with Crippen LogP contribution >= 0.6 is 0 Å². The molecule has 0 aromatic carbocycles. The SMILES string of the molecule is CCC(C)=CCC(C)/C(C)=C/CO. The predicted molar refractivity (Wildman–Crippen MR) is 58.7 cm³/mol. The first kappa shape index (κ1) is 12.4. The van der Waals surface area contributed by atoms with Crippen LogP contribution in [0.25, 0.3) is 0 Å². The molecule has 1 atom stereocenters. The first-order chi connectivity index (χ1) is 6.11. The number of hydrogen-bond donors (Lipinski definition) is 1. The van der Waals surface area contributed by atoms with Crippen LogP contribution in [0.15, 0.2) is 23.3 Å². The molecule has 76 valence electrons. The summed E-state index contributed by atoms with van der Waals surface area (Å²) < 4.78 is 0. The summed E-state index contributed by atoms with van der Waals surface area (Å²) in [6.07, 6.45) is 6.40. The molecular formula is C12H22O. The molecule has 13 heavy (non-hydrogen) atoms. The molecular weight excluding hydrogens is 160 g/mol. The lowest BCUT2D eigenvalue weighted by Crippen LogP contribution is -1.96. The molecule has 1 heteroatoms. The van der Waals surface area contributed by atoms with Crippen molar-refractivity contribution in [2.45, 2.75) is 40.5 Å². The highest BCUT2D eigenvalue weighted by molar-refractivity contribution is 5.06. The van der Waals surface area contributed by atoms with Crippen molar-refractivity contribution in [3.8, 4) is 0 Å². The van der Waals surface area contributed by atoms with E-state index in [0.29, 0.717) is 5.92 Å². The Labute approximate surface area is 82.2 Å². The Balaban J connectivity index is 4.00. The van der Waals surface area contributed by atoms with Gasteiger partial charge in [0.05, 0.1) is 6.61 Å². The van der Waals surface area contributed by atoms with E-state index < -0.39 is 0 Å². The van der Waals surface area contributed by atoms with Crippen molar-refractivity contribution in [3.63, 3.8) is 0 Å². The zero-order valence-electron chi connectivity index (χ0n) is 9.30. The lowest BCUT2D eigenvalue weighted by molar-refractivity contribution is 0.340. The molecule has 0 fully saturated rings. The minimum Gasteiger partial charge on any atom is -0.392 e. The summed E-state index contributed by atoms with van der Waals surface area (Å²) in [4.78, 5) is 0. The van der Waals surface area contributed by atoms with Gasteiger partial charge in [0.2, 0.25) is 0 Å². The first-order valence-electron chi connectivity index (χ1n) is 5.05. The van der Waals surface area contributed by atoms with Crippen LogP contribution in [0.1, 0.15) is 40.5 Å². The van der Waals surface area contributed by atoms with Gasteiger partial charge >= 0.3 is 0 Å². The zero-order valence-corrected chi connectivity index (χ0v) is 9.30. The van der Waals surface area contributed by atoms with Crippen LogP contribution in [0.5, 0.6) is 0 Å². The fraction of sp³-hybridized carbons (Fsp3) is 0.667. The van der Waals surface area contributed by atoms with E-state index >= 15 is 0 Å². The third kappa shape index (κ3) is 5.64. The minimum absolute atomic E-state index is 0.159. The van der Waals surface area contributed by atoms with Crippen LogP contribution in [0.2, 0.25) is 0 Å². The molecule has 1 nitrogen and oxygen atoms in total. The zero-order chi connectivity index (χ0) is 10.3. The van der Waals surface area contributed by atoms with Crippen LogP contribution in [-0.4, -0.2) is 11.7 Å². The average molecular weight is 182 g/mol. The average Bonchev–Trinajstić information content (AvgIpc) is 2.13. The summed E-state index contributed by atoms with van der Waals surface area (Å²) in [5, 5.41) is 8.72. The van der Waals surface area contributed by atoms with Crippen molar-refractivity contribution in [1.29, 1.82) is 0 Å². The lowest BCUT2D eigenvalue weighted by atomic mass is 9.97. The summed E-state index contributed by atoms with van der Waals surface area (Å²) in [5.74, 6) is 0.550. The highest BCUT2D eigenvalue weighted by atomic mass is 16.2. The van der Waals surface area contributed by atoms with E-state index in [0.717, 1.165) is 12.8 Å². The second-order valence-electron chi connectivity index (χ2n) is 3.67. The molecule has 0 bridgehead atoms. The summed E-state index contributed by atoms with van der Waals surface area (Å²) in [6, 6.07) is 0. The van der Waals surface area contributed by atoms with Crippen LogP contribution in [0, 0.1) is 5.92 Å². The van der Waals surface area contributed by atoms with E-state index in [1.54, 1.807) is 0 Å². The molecule has 1 N–H and O–H groups in total. The summed E-state index contributed by atoms with van der Waals surface area (Å²) >= 11 is 0. The van der Waals surface area contributed by atoms with Crippen molar-refractivity contribution >= 4 is 0 Å². The minimum atomic E-state index is 0.159. The maximum atomic E-state index is 8.72. The number of aliphatic hydroxyl groups is 1. The molecule has 0 heterocycles. The largest absolute Gasteiger partial charge is 0.392 e. The highest BCUT2D eigenvalue weighted by Crippen LogP contribution is 2.15. The Morgan fingerprint density at radius 2 is 1.92 bits per heavy atom. The Morgan fingerprint density at radius 1 is 1.31 bits per heavy atom. The van der Waals surface area contributed by atoms with E-state index in [9.17, 15) is 0 Å². The van der Waals surface area contributed by atoms with Crippen molar-refractivity contribution in [2.75, 3.05) is 6.61 Å². The van der Waals surface area contributed by atoms with Crippen molar-refractivity contribution in [3.05, 3.63) is 23.3 Å². The Morgan fingerprint density at radius 3 is 2.38 bits per heavy atom. The van der Waals surface area contributed by atoms with Gasteiger partial charge in [0.15, 0.2) is 0 Å². The van der Waals surface area contributed by atoms with Crippen molar-refractivity contribution < 1.29 is 5.11 Å². The van der Waals surface area contributed by atoms with Gasteiger partial charge in [-0.1, -0.05) is 37.1 Å².